The lowest BCUT2D eigenvalue weighted by atomic mass is 10.1. The van der Waals surface area contributed by atoms with E-state index in [-0.39, 0.29) is 23.2 Å². The summed E-state index contributed by atoms with van der Waals surface area (Å²) in [5.74, 6) is -0.0660. The smallest absolute Gasteiger partial charge is 0.306 e. The highest BCUT2D eigenvalue weighted by Crippen LogP contribution is 2.24. The van der Waals surface area contributed by atoms with Crippen LogP contribution < -0.4 is 4.18 Å². The summed E-state index contributed by atoms with van der Waals surface area (Å²) in [4.78, 5) is 14.4. The van der Waals surface area contributed by atoms with Gasteiger partial charge in [0.25, 0.3) is 5.91 Å². The quantitative estimate of drug-likeness (QED) is 0.596. The molecule has 0 saturated carbocycles. The first kappa shape index (κ1) is 21.5. The van der Waals surface area contributed by atoms with Gasteiger partial charge < -0.3 is 13.8 Å². The average molecular weight is 432 g/mol. The highest BCUT2D eigenvalue weighted by atomic mass is 35.5. The first-order valence-electron chi connectivity index (χ1n) is 7.91. The maximum absolute atomic E-state index is 12.9. The van der Waals surface area contributed by atoms with E-state index in [4.69, 9.17) is 32.1 Å². The normalized spacial score (nSPS) is 11.3. The summed E-state index contributed by atoms with van der Waals surface area (Å²) in [5.41, 5.74) is 1.10. The fourth-order valence-electron chi connectivity index (χ4n) is 2.36. The Morgan fingerprint density at radius 1 is 1.11 bits per heavy atom. The van der Waals surface area contributed by atoms with Crippen LogP contribution in [0.25, 0.3) is 0 Å². The van der Waals surface area contributed by atoms with E-state index < -0.39 is 10.1 Å². The van der Waals surface area contributed by atoms with E-state index in [1.54, 1.807) is 42.3 Å². The molecule has 0 spiro atoms. The van der Waals surface area contributed by atoms with Crippen LogP contribution in [0.4, 0.5) is 0 Å². The molecular formula is C18H19Cl2NO5S. The molecule has 0 N–H and O–H groups in total. The van der Waals surface area contributed by atoms with E-state index in [1.807, 2.05) is 0 Å². The molecule has 0 saturated heterocycles. The zero-order valence-electron chi connectivity index (χ0n) is 14.8. The number of hydrogen-bond donors (Lipinski definition) is 0. The van der Waals surface area contributed by atoms with Gasteiger partial charge in [-0.25, -0.2) is 0 Å². The van der Waals surface area contributed by atoms with Gasteiger partial charge in [0.2, 0.25) is 0 Å². The van der Waals surface area contributed by atoms with Crippen LogP contribution in [0.2, 0.25) is 10.0 Å². The molecular weight excluding hydrogens is 413 g/mol. The van der Waals surface area contributed by atoms with Crippen molar-refractivity contribution in [1.29, 1.82) is 0 Å². The Kier molecular flexibility index (Phi) is 7.49. The van der Waals surface area contributed by atoms with Crippen LogP contribution in [0.5, 0.6) is 5.75 Å². The van der Waals surface area contributed by atoms with Crippen molar-refractivity contribution in [3.8, 4) is 5.75 Å². The van der Waals surface area contributed by atoms with Gasteiger partial charge in [-0.1, -0.05) is 35.3 Å². The largest absolute Gasteiger partial charge is 0.383 e. The molecule has 0 aliphatic carbocycles. The SMILES string of the molecule is COCCN(Cc1cccc(OS(C)(=O)=O)c1)C(=O)c1ccc(Cl)c(Cl)c1. The van der Waals surface area contributed by atoms with Crippen molar-refractivity contribution < 1.29 is 22.1 Å². The van der Waals surface area contributed by atoms with Crippen LogP contribution in [0.3, 0.4) is 0 Å². The lowest BCUT2D eigenvalue weighted by Crippen LogP contribution is -2.33. The highest BCUT2D eigenvalue weighted by Gasteiger charge is 2.18. The summed E-state index contributed by atoms with van der Waals surface area (Å²) < 4.78 is 32.6. The van der Waals surface area contributed by atoms with Crippen molar-refractivity contribution >= 4 is 39.2 Å². The van der Waals surface area contributed by atoms with E-state index in [1.165, 1.54) is 12.1 Å². The zero-order chi connectivity index (χ0) is 20.0. The first-order chi connectivity index (χ1) is 12.7. The molecule has 2 rings (SSSR count). The minimum Gasteiger partial charge on any atom is -0.383 e. The molecule has 2 aromatic carbocycles. The molecule has 2 aromatic rings. The Bertz CT molecular complexity index is 918. The molecule has 1 amide bonds. The standard InChI is InChI=1S/C18H19Cl2NO5S/c1-25-9-8-21(18(22)14-6-7-16(19)17(20)11-14)12-13-4-3-5-15(10-13)26-27(2,23)24/h3-7,10-11H,8-9,12H2,1-2H3. The first-order valence-corrected chi connectivity index (χ1v) is 10.5. The second-order valence-corrected chi connectivity index (χ2v) is 8.17. The summed E-state index contributed by atoms with van der Waals surface area (Å²) >= 11 is 11.9. The lowest BCUT2D eigenvalue weighted by molar-refractivity contribution is 0.0680. The Morgan fingerprint density at radius 3 is 2.48 bits per heavy atom. The molecule has 0 radical (unpaired) electrons. The summed E-state index contributed by atoms with van der Waals surface area (Å²) in [6, 6.07) is 11.2. The number of hydrogen-bond acceptors (Lipinski definition) is 5. The molecule has 0 heterocycles. The molecule has 6 nitrogen and oxygen atoms in total. The van der Waals surface area contributed by atoms with Gasteiger partial charge in [-0.05, 0) is 35.9 Å². The third kappa shape index (κ3) is 6.70. The molecule has 146 valence electrons. The molecule has 0 fully saturated rings. The third-order valence-corrected chi connectivity index (χ3v) is 4.77. The van der Waals surface area contributed by atoms with Crippen molar-refractivity contribution in [2.75, 3.05) is 26.5 Å². The number of carbonyl (C=O) groups is 1. The van der Waals surface area contributed by atoms with E-state index in [9.17, 15) is 13.2 Å². The summed E-state index contributed by atoms with van der Waals surface area (Å²) in [5, 5.41) is 0.653. The number of methoxy groups -OCH3 is 1. The second kappa shape index (κ2) is 9.41. The summed E-state index contributed by atoms with van der Waals surface area (Å²) in [6.07, 6.45) is 0.971. The Morgan fingerprint density at radius 2 is 1.85 bits per heavy atom. The summed E-state index contributed by atoms with van der Waals surface area (Å²) in [6.45, 7) is 0.919. The van der Waals surface area contributed by atoms with Crippen LogP contribution in [-0.2, 0) is 21.4 Å². The second-order valence-electron chi connectivity index (χ2n) is 5.78. The van der Waals surface area contributed by atoms with Crippen molar-refractivity contribution in [3.05, 3.63) is 63.6 Å². The number of halogens is 2. The lowest BCUT2D eigenvalue weighted by Gasteiger charge is -2.23. The molecule has 0 aliphatic rings. The molecule has 0 atom stereocenters. The molecule has 0 aliphatic heterocycles. The van der Waals surface area contributed by atoms with Gasteiger partial charge in [0.1, 0.15) is 5.75 Å². The fraction of sp³-hybridized carbons (Fsp3) is 0.278. The number of benzene rings is 2. The van der Waals surface area contributed by atoms with Crippen molar-refractivity contribution in [3.63, 3.8) is 0 Å². The number of rotatable bonds is 8. The van der Waals surface area contributed by atoms with Crippen LogP contribution in [0.1, 0.15) is 15.9 Å². The van der Waals surface area contributed by atoms with E-state index >= 15 is 0 Å². The molecule has 9 heteroatoms. The summed E-state index contributed by atoms with van der Waals surface area (Å²) in [7, 11) is -2.09. The Balaban J connectivity index is 2.24. The van der Waals surface area contributed by atoms with Crippen LogP contribution in [0, 0.1) is 0 Å². The van der Waals surface area contributed by atoms with E-state index in [2.05, 4.69) is 0 Å². The van der Waals surface area contributed by atoms with Crippen molar-refractivity contribution in [2.24, 2.45) is 0 Å². The Labute approximate surface area is 168 Å². The number of ether oxygens (including phenoxy) is 1. The number of nitrogens with zero attached hydrogens (tertiary/aromatic N) is 1. The van der Waals surface area contributed by atoms with Crippen LogP contribution >= 0.6 is 23.2 Å². The van der Waals surface area contributed by atoms with E-state index in [0.29, 0.717) is 29.3 Å². The van der Waals surface area contributed by atoms with Crippen LogP contribution in [0.15, 0.2) is 42.5 Å². The van der Waals surface area contributed by atoms with Gasteiger partial charge in [-0.15, -0.1) is 0 Å². The molecule has 0 aromatic heterocycles. The Hall–Kier alpha value is -1.80. The molecule has 27 heavy (non-hydrogen) atoms. The van der Waals surface area contributed by atoms with Gasteiger partial charge in [0.15, 0.2) is 0 Å². The van der Waals surface area contributed by atoms with Crippen molar-refractivity contribution in [2.45, 2.75) is 6.54 Å². The average Bonchev–Trinajstić information content (AvgIpc) is 2.59. The van der Waals surface area contributed by atoms with Gasteiger partial charge >= 0.3 is 10.1 Å². The minimum absolute atomic E-state index is 0.184. The highest BCUT2D eigenvalue weighted by molar-refractivity contribution is 7.86. The predicted octanol–water partition coefficient (Wildman–Crippen LogP) is 3.62. The van der Waals surface area contributed by atoms with Gasteiger partial charge in [0.05, 0.1) is 22.9 Å². The van der Waals surface area contributed by atoms with Crippen molar-refractivity contribution in [1.82, 2.24) is 4.90 Å². The third-order valence-electron chi connectivity index (χ3n) is 3.54. The van der Waals surface area contributed by atoms with Gasteiger partial charge in [0, 0.05) is 25.8 Å². The zero-order valence-corrected chi connectivity index (χ0v) is 17.1. The monoisotopic (exact) mass is 431 g/mol. The molecule has 0 bridgehead atoms. The van der Waals surface area contributed by atoms with E-state index in [0.717, 1.165) is 6.26 Å². The molecule has 0 unspecified atom stereocenters. The topological polar surface area (TPSA) is 72.9 Å². The maximum Gasteiger partial charge on any atom is 0.306 e. The van der Waals surface area contributed by atoms with Gasteiger partial charge in [-0.3, -0.25) is 4.79 Å². The maximum atomic E-state index is 12.9. The van der Waals surface area contributed by atoms with Crippen LogP contribution in [-0.4, -0.2) is 45.7 Å². The predicted molar refractivity (Wildman–Crippen MR) is 105 cm³/mol. The minimum atomic E-state index is -3.63. The fourth-order valence-corrected chi connectivity index (χ4v) is 3.11. The van der Waals surface area contributed by atoms with Gasteiger partial charge in [-0.2, -0.15) is 8.42 Å². The number of amides is 1. The number of carbonyl (C=O) groups excluding carboxylic acids is 1.